The molecule has 0 aliphatic rings. The van der Waals surface area contributed by atoms with Gasteiger partial charge in [-0.15, -0.1) is 0 Å². The minimum atomic E-state index is -1.09. The van der Waals surface area contributed by atoms with Gasteiger partial charge in [0.1, 0.15) is 11.2 Å². The standard InChI is InChI=1S/C52H46N4P2/c1-37-21-19-22-38(2)49(37)55-51(57(43-26-9-5-10-27-43)44-28-11-6-12-29-44)53-42-35-41-25-17-18-34-47(41)48(36-42)54-52(56-50-39(3)23-20-24-40(50)4)58(45-30-13-7-14-31-45)46-32-15-8-16-33-46/h5-36H,1-4H3,(H,53,55)(H,54,56). The molecule has 284 valence electrons. The van der Waals surface area contributed by atoms with E-state index in [-0.39, 0.29) is 0 Å². The minimum Gasteiger partial charge on any atom is -0.339 e. The van der Waals surface area contributed by atoms with Crippen molar-refractivity contribution in [2.45, 2.75) is 27.7 Å². The number of anilines is 2. The Balaban J connectivity index is 1.38. The third kappa shape index (κ3) is 8.70. The zero-order valence-electron chi connectivity index (χ0n) is 33.3. The van der Waals surface area contributed by atoms with Crippen LogP contribution in [0.4, 0.5) is 22.7 Å². The summed E-state index contributed by atoms with van der Waals surface area (Å²) in [5, 5.41) is 14.9. The van der Waals surface area contributed by atoms with Gasteiger partial charge in [0.2, 0.25) is 0 Å². The fourth-order valence-electron chi connectivity index (χ4n) is 7.28. The highest BCUT2D eigenvalue weighted by molar-refractivity contribution is 7.88. The van der Waals surface area contributed by atoms with Gasteiger partial charge in [-0.05, 0) is 88.7 Å². The number of rotatable bonds is 10. The van der Waals surface area contributed by atoms with E-state index in [0.29, 0.717) is 0 Å². The molecular weight excluding hydrogens is 743 g/mol. The number of hydrogen-bond donors (Lipinski definition) is 2. The number of fused-ring (bicyclic) bond motifs is 1. The maximum Gasteiger partial charge on any atom is 0.139 e. The Bertz CT molecular complexity index is 2600. The van der Waals surface area contributed by atoms with Crippen molar-refractivity contribution in [3.05, 3.63) is 216 Å². The maximum absolute atomic E-state index is 5.71. The highest BCUT2D eigenvalue weighted by atomic mass is 31.1. The van der Waals surface area contributed by atoms with E-state index >= 15 is 0 Å². The number of benzene rings is 8. The molecule has 2 N–H and O–H groups in total. The average molecular weight is 789 g/mol. The predicted octanol–water partition coefficient (Wildman–Crippen LogP) is 12.5. The predicted molar refractivity (Wildman–Crippen MR) is 255 cm³/mol. The Morgan fingerprint density at radius 3 is 1.16 bits per heavy atom. The van der Waals surface area contributed by atoms with Crippen molar-refractivity contribution in [1.82, 2.24) is 0 Å². The monoisotopic (exact) mass is 788 g/mol. The maximum atomic E-state index is 5.71. The van der Waals surface area contributed by atoms with Gasteiger partial charge < -0.3 is 10.6 Å². The Hall–Kier alpha value is -6.18. The summed E-state index contributed by atoms with van der Waals surface area (Å²) in [6, 6.07) is 68.8. The van der Waals surface area contributed by atoms with E-state index in [1.54, 1.807) is 0 Å². The van der Waals surface area contributed by atoms with E-state index in [9.17, 15) is 0 Å². The lowest BCUT2D eigenvalue weighted by Crippen LogP contribution is -2.24. The number of hydrogen-bond acceptors (Lipinski definition) is 2. The van der Waals surface area contributed by atoms with Crippen molar-refractivity contribution >= 4 is 81.7 Å². The normalized spacial score (nSPS) is 12.0. The van der Waals surface area contributed by atoms with Gasteiger partial charge >= 0.3 is 0 Å². The van der Waals surface area contributed by atoms with Crippen LogP contribution in [0.25, 0.3) is 10.8 Å². The topological polar surface area (TPSA) is 48.8 Å². The highest BCUT2D eigenvalue weighted by Crippen LogP contribution is 2.43. The summed E-state index contributed by atoms with van der Waals surface area (Å²) in [5.41, 5.74) is 10.3. The van der Waals surface area contributed by atoms with Crippen LogP contribution in [0.5, 0.6) is 0 Å². The molecule has 0 unspecified atom stereocenters. The number of aliphatic imine (C=N–C) groups is 2. The smallest absolute Gasteiger partial charge is 0.139 e. The molecule has 0 bridgehead atoms. The van der Waals surface area contributed by atoms with Crippen molar-refractivity contribution in [3.8, 4) is 0 Å². The highest BCUT2D eigenvalue weighted by Gasteiger charge is 2.25. The van der Waals surface area contributed by atoms with Crippen molar-refractivity contribution in [2.75, 3.05) is 10.6 Å². The second kappa shape index (κ2) is 18.0. The van der Waals surface area contributed by atoms with Crippen LogP contribution >= 0.6 is 15.8 Å². The first-order valence-electron chi connectivity index (χ1n) is 19.6. The van der Waals surface area contributed by atoms with Gasteiger partial charge in [0.15, 0.2) is 0 Å². The van der Waals surface area contributed by atoms with Crippen molar-refractivity contribution in [1.29, 1.82) is 0 Å². The fourth-order valence-corrected chi connectivity index (χ4v) is 11.6. The SMILES string of the molecule is Cc1cccc(C)c1N/C(=N/c1cc(/N=C(\Nc2c(C)cccc2C)P(c2ccccc2)c2ccccc2)c2ccccc2c1)P(c1ccccc1)c1ccccc1. The molecule has 0 aliphatic heterocycles. The first-order valence-corrected chi connectivity index (χ1v) is 22.3. The summed E-state index contributed by atoms with van der Waals surface area (Å²) >= 11 is 0. The lowest BCUT2D eigenvalue weighted by atomic mass is 10.1. The molecule has 0 amide bonds. The van der Waals surface area contributed by atoms with Gasteiger partial charge in [0, 0.05) is 32.6 Å². The second-order valence-corrected chi connectivity index (χ2v) is 18.6. The summed E-state index contributed by atoms with van der Waals surface area (Å²) in [4.78, 5) is 11.3. The van der Waals surface area contributed by atoms with Crippen LogP contribution in [-0.2, 0) is 0 Å². The molecule has 0 atom stereocenters. The van der Waals surface area contributed by atoms with Crippen LogP contribution in [0, 0.1) is 27.7 Å². The number of aryl methyl sites for hydroxylation is 4. The number of para-hydroxylation sites is 2. The van der Waals surface area contributed by atoms with Crippen molar-refractivity contribution < 1.29 is 0 Å². The molecule has 0 aliphatic carbocycles. The van der Waals surface area contributed by atoms with Crippen LogP contribution in [0.2, 0.25) is 0 Å². The van der Waals surface area contributed by atoms with Crippen molar-refractivity contribution in [3.63, 3.8) is 0 Å². The van der Waals surface area contributed by atoms with E-state index < -0.39 is 15.8 Å². The van der Waals surface area contributed by atoms with Gasteiger partial charge in [-0.2, -0.15) is 0 Å². The molecule has 8 aromatic carbocycles. The van der Waals surface area contributed by atoms with Crippen LogP contribution in [0.15, 0.2) is 204 Å². The largest absolute Gasteiger partial charge is 0.339 e. The zero-order chi connectivity index (χ0) is 39.8. The average Bonchev–Trinajstić information content (AvgIpc) is 3.25. The molecular formula is C52H46N4P2. The molecule has 4 nitrogen and oxygen atoms in total. The Morgan fingerprint density at radius 1 is 0.379 bits per heavy atom. The molecule has 0 heterocycles. The van der Waals surface area contributed by atoms with Crippen LogP contribution in [-0.4, -0.2) is 11.2 Å². The third-order valence-electron chi connectivity index (χ3n) is 10.2. The number of nitrogens with one attached hydrogen (secondary N) is 2. The van der Waals surface area contributed by atoms with Crippen LogP contribution in [0.1, 0.15) is 22.3 Å². The molecule has 58 heavy (non-hydrogen) atoms. The summed E-state index contributed by atoms with van der Waals surface area (Å²) in [5.74, 6) is 0. The lowest BCUT2D eigenvalue weighted by molar-refractivity contribution is 1.37. The first kappa shape index (κ1) is 38.7. The van der Waals surface area contributed by atoms with Gasteiger partial charge in [0.05, 0.1) is 11.4 Å². The zero-order valence-corrected chi connectivity index (χ0v) is 35.1. The van der Waals surface area contributed by atoms with E-state index in [4.69, 9.17) is 9.98 Å². The quantitative estimate of drug-likeness (QED) is 0.0824. The molecule has 8 aromatic rings. The number of amidine groups is 2. The fraction of sp³-hybridized carbons (Fsp3) is 0.0769. The summed E-state index contributed by atoms with van der Waals surface area (Å²) in [7, 11) is -2.16. The summed E-state index contributed by atoms with van der Waals surface area (Å²) in [6.45, 7) is 8.64. The minimum absolute atomic E-state index is 0.834. The Labute approximate surface area is 345 Å². The lowest BCUT2D eigenvalue weighted by Gasteiger charge is -2.24. The third-order valence-corrected chi connectivity index (χ3v) is 14.7. The first-order chi connectivity index (χ1) is 28.4. The van der Waals surface area contributed by atoms with Gasteiger partial charge in [0.25, 0.3) is 0 Å². The molecule has 0 fully saturated rings. The van der Waals surface area contributed by atoms with E-state index in [2.05, 4.69) is 232 Å². The van der Waals surface area contributed by atoms with Crippen LogP contribution < -0.4 is 31.9 Å². The Morgan fingerprint density at radius 2 is 0.741 bits per heavy atom. The Kier molecular flexibility index (Phi) is 12.0. The summed E-state index contributed by atoms with van der Waals surface area (Å²) in [6.07, 6.45) is 0. The van der Waals surface area contributed by atoms with Gasteiger partial charge in [-0.1, -0.05) is 182 Å². The molecule has 6 heteroatoms. The molecule has 0 radical (unpaired) electrons. The molecule has 8 rings (SSSR count). The van der Waals surface area contributed by atoms with E-state index in [1.165, 1.54) is 43.5 Å². The molecule has 0 saturated heterocycles. The second-order valence-electron chi connectivity index (χ2n) is 14.4. The van der Waals surface area contributed by atoms with Crippen molar-refractivity contribution in [2.24, 2.45) is 9.98 Å². The number of nitrogens with zero attached hydrogens (tertiary/aromatic N) is 2. The van der Waals surface area contributed by atoms with Gasteiger partial charge in [-0.3, -0.25) is 0 Å². The molecule has 0 spiro atoms. The molecule has 0 saturated carbocycles. The molecule has 0 aromatic heterocycles. The van der Waals surface area contributed by atoms with Crippen LogP contribution in [0.3, 0.4) is 0 Å². The van der Waals surface area contributed by atoms with E-state index in [0.717, 1.165) is 44.7 Å². The summed E-state index contributed by atoms with van der Waals surface area (Å²) < 4.78 is 0. The van der Waals surface area contributed by atoms with Gasteiger partial charge in [-0.25, -0.2) is 9.98 Å². The van der Waals surface area contributed by atoms with E-state index in [1.807, 2.05) is 0 Å².